The molecule has 2 atom stereocenters. The monoisotopic (exact) mass is 296 g/mol. The topological polar surface area (TPSA) is 55.1 Å². The van der Waals surface area contributed by atoms with E-state index in [9.17, 15) is 4.79 Å². The van der Waals surface area contributed by atoms with Crippen molar-refractivity contribution in [1.29, 1.82) is 0 Å². The van der Waals surface area contributed by atoms with Crippen LogP contribution in [0.25, 0.3) is 0 Å². The predicted molar refractivity (Wildman–Crippen MR) is 84.8 cm³/mol. The number of aryl methyl sites for hydroxylation is 1. The Balaban J connectivity index is 0.00000200. The number of nitrogens with one attached hydrogen (secondary N) is 1. The minimum Gasteiger partial charge on any atom is -0.352 e. The van der Waals surface area contributed by atoms with E-state index in [1.165, 1.54) is 5.56 Å². The molecular weight excluding hydrogens is 272 g/mol. The van der Waals surface area contributed by atoms with Crippen molar-refractivity contribution in [2.24, 2.45) is 11.7 Å². The van der Waals surface area contributed by atoms with Gasteiger partial charge in [0.2, 0.25) is 5.91 Å². The summed E-state index contributed by atoms with van der Waals surface area (Å²) < 4.78 is 0. The second kappa shape index (κ2) is 7.09. The second-order valence-electron chi connectivity index (χ2n) is 6.01. The summed E-state index contributed by atoms with van der Waals surface area (Å²) in [7, 11) is 0. The number of amides is 1. The average Bonchev–Trinajstić information content (AvgIpc) is 2.37. The van der Waals surface area contributed by atoms with Crippen LogP contribution in [0.2, 0.25) is 0 Å². The molecule has 0 spiro atoms. The summed E-state index contributed by atoms with van der Waals surface area (Å²) >= 11 is 0. The van der Waals surface area contributed by atoms with Crippen LogP contribution in [0.5, 0.6) is 0 Å². The molecule has 0 radical (unpaired) electrons. The van der Waals surface area contributed by atoms with Gasteiger partial charge in [-0.2, -0.15) is 0 Å². The molecule has 3 N–H and O–H groups in total. The van der Waals surface area contributed by atoms with E-state index in [0.717, 1.165) is 31.2 Å². The summed E-state index contributed by atoms with van der Waals surface area (Å²) in [6, 6.07) is 8.24. The molecule has 2 unspecified atom stereocenters. The van der Waals surface area contributed by atoms with E-state index < -0.39 is 0 Å². The van der Waals surface area contributed by atoms with Gasteiger partial charge in [-0.1, -0.05) is 42.7 Å². The normalized spacial score (nSPS) is 25.6. The minimum absolute atomic E-state index is 0. The standard InChI is InChI=1S/C16H24N2O.ClH/c1-12-6-8-13(9-7-12)11-18-15(19)14-5-3-4-10-16(14,2)17;/h6-9,14H,3-5,10-11,17H2,1-2H3,(H,18,19);1H. The fraction of sp³-hybridized carbons (Fsp3) is 0.562. The Morgan fingerprint density at radius 1 is 1.35 bits per heavy atom. The van der Waals surface area contributed by atoms with Crippen molar-refractivity contribution in [3.05, 3.63) is 35.4 Å². The van der Waals surface area contributed by atoms with Crippen molar-refractivity contribution in [3.63, 3.8) is 0 Å². The molecular formula is C16H25ClN2O. The van der Waals surface area contributed by atoms with Crippen LogP contribution in [0, 0.1) is 12.8 Å². The summed E-state index contributed by atoms with van der Waals surface area (Å²) in [4.78, 5) is 12.3. The van der Waals surface area contributed by atoms with Crippen LogP contribution in [0.1, 0.15) is 43.7 Å². The summed E-state index contributed by atoms with van der Waals surface area (Å²) in [5.41, 5.74) is 8.27. The van der Waals surface area contributed by atoms with E-state index in [0.29, 0.717) is 6.54 Å². The smallest absolute Gasteiger partial charge is 0.225 e. The van der Waals surface area contributed by atoms with Crippen molar-refractivity contribution in [1.82, 2.24) is 5.32 Å². The highest BCUT2D eigenvalue weighted by molar-refractivity contribution is 5.85. The van der Waals surface area contributed by atoms with E-state index in [4.69, 9.17) is 5.73 Å². The highest BCUT2D eigenvalue weighted by Gasteiger charge is 2.37. The first-order valence-corrected chi connectivity index (χ1v) is 7.11. The van der Waals surface area contributed by atoms with Crippen LogP contribution in [-0.4, -0.2) is 11.4 Å². The molecule has 0 bridgehead atoms. The minimum atomic E-state index is -0.352. The zero-order valence-corrected chi connectivity index (χ0v) is 13.1. The Morgan fingerprint density at radius 2 is 2.00 bits per heavy atom. The lowest BCUT2D eigenvalue weighted by molar-refractivity contribution is -0.128. The third-order valence-corrected chi connectivity index (χ3v) is 4.16. The predicted octanol–water partition coefficient (Wildman–Crippen LogP) is 2.94. The maximum absolute atomic E-state index is 12.3. The Bertz CT molecular complexity index is 442. The van der Waals surface area contributed by atoms with E-state index >= 15 is 0 Å². The van der Waals surface area contributed by atoms with Gasteiger partial charge in [0, 0.05) is 12.1 Å². The molecule has 112 valence electrons. The number of carbonyl (C=O) groups is 1. The third kappa shape index (κ3) is 4.22. The number of hydrogen-bond acceptors (Lipinski definition) is 2. The Labute approximate surface area is 127 Å². The lowest BCUT2D eigenvalue weighted by atomic mass is 9.74. The molecule has 1 aliphatic rings. The van der Waals surface area contributed by atoms with Crippen LogP contribution in [-0.2, 0) is 11.3 Å². The highest BCUT2D eigenvalue weighted by Crippen LogP contribution is 2.31. The van der Waals surface area contributed by atoms with Crippen LogP contribution in [0.15, 0.2) is 24.3 Å². The fourth-order valence-electron chi connectivity index (χ4n) is 2.81. The van der Waals surface area contributed by atoms with Crippen molar-refractivity contribution < 1.29 is 4.79 Å². The van der Waals surface area contributed by atoms with Gasteiger partial charge in [0.05, 0.1) is 5.92 Å². The number of hydrogen-bond donors (Lipinski definition) is 2. The molecule has 1 aromatic rings. The Kier molecular flexibility index (Phi) is 6.03. The largest absolute Gasteiger partial charge is 0.352 e. The van der Waals surface area contributed by atoms with Gasteiger partial charge in [-0.15, -0.1) is 12.4 Å². The number of benzene rings is 1. The van der Waals surface area contributed by atoms with Gasteiger partial charge in [0.1, 0.15) is 0 Å². The number of carbonyl (C=O) groups excluding carboxylic acids is 1. The molecule has 0 saturated heterocycles. The summed E-state index contributed by atoms with van der Waals surface area (Å²) in [6.07, 6.45) is 4.09. The number of rotatable bonds is 3. The van der Waals surface area contributed by atoms with Gasteiger partial charge in [-0.25, -0.2) is 0 Å². The molecule has 1 aromatic carbocycles. The van der Waals surface area contributed by atoms with Gasteiger partial charge >= 0.3 is 0 Å². The SMILES string of the molecule is Cc1ccc(CNC(=O)C2CCCCC2(C)N)cc1.Cl. The Morgan fingerprint density at radius 3 is 2.60 bits per heavy atom. The number of halogens is 1. The summed E-state index contributed by atoms with van der Waals surface area (Å²) in [5.74, 6) is 0.0528. The summed E-state index contributed by atoms with van der Waals surface area (Å²) in [5, 5.41) is 3.02. The molecule has 1 fully saturated rings. The molecule has 1 amide bonds. The summed E-state index contributed by atoms with van der Waals surface area (Å²) in [6.45, 7) is 4.65. The molecule has 2 rings (SSSR count). The quantitative estimate of drug-likeness (QED) is 0.901. The highest BCUT2D eigenvalue weighted by atomic mass is 35.5. The molecule has 1 saturated carbocycles. The molecule has 0 heterocycles. The number of nitrogens with two attached hydrogens (primary N) is 1. The first-order chi connectivity index (χ1) is 8.99. The molecule has 0 aromatic heterocycles. The lowest BCUT2D eigenvalue weighted by Gasteiger charge is -2.37. The van der Waals surface area contributed by atoms with Crippen molar-refractivity contribution >= 4 is 18.3 Å². The van der Waals surface area contributed by atoms with Crippen molar-refractivity contribution in [2.45, 2.75) is 51.6 Å². The van der Waals surface area contributed by atoms with Gasteiger partial charge in [0.25, 0.3) is 0 Å². The fourth-order valence-corrected chi connectivity index (χ4v) is 2.81. The van der Waals surface area contributed by atoms with Gasteiger partial charge in [-0.05, 0) is 32.3 Å². The third-order valence-electron chi connectivity index (χ3n) is 4.16. The van der Waals surface area contributed by atoms with Gasteiger partial charge in [-0.3, -0.25) is 4.79 Å². The molecule has 0 aliphatic heterocycles. The average molecular weight is 297 g/mol. The van der Waals surface area contributed by atoms with E-state index in [1.807, 2.05) is 6.92 Å². The van der Waals surface area contributed by atoms with Gasteiger partial charge < -0.3 is 11.1 Å². The lowest BCUT2D eigenvalue weighted by Crippen LogP contribution is -2.52. The molecule has 1 aliphatic carbocycles. The van der Waals surface area contributed by atoms with Crippen LogP contribution in [0.4, 0.5) is 0 Å². The van der Waals surface area contributed by atoms with Crippen molar-refractivity contribution in [2.75, 3.05) is 0 Å². The maximum Gasteiger partial charge on any atom is 0.225 e. The van der Waals surface area contributed by atoms with Crippen LogP contribution in [0.3, 0.4) is 0 Å². The van der Waals surface area contributed by atoms with Crippen molar-refractivity contribution in [3.8, 4) is 0 Å². The van der Waals surface area contributed by atoms with E-state index in [-0.39, 0.29) is 29.8 Å². The maximum atomic E-state index is 12.3. The van der Waals surface area contributed by atoms with Crippen LogP contribution >= 0.6 is 12.4 Å². The van der Waals surface area contributed by atoms with Crippen LogP contribution < -0.4 is 11.1 Å². The zero-order valence-electron chi connectivity index (χ0n) is 12.3. The molecule has 20 heavy (non-hydrogen) atoms. The first kappa shape index (κ1) is 17.0. The Hall–Kier alpha value is -1.06. The zero-order chi connectivity index (χ0) is 13.9. The molecule has 3 nitrogen and oxygen atoms in total. The van der Waals surface area contributed by atoms with E-state index in [2.05, 4.69) is 36.5 Å². The second-order valence-corrected chi connectivity index (χ2v) is 6.01. The van der Waals surface area contributed by atoms with Gasteiger partial charge in [0.15, 0.2) is 0 Å². The van der Waals surface area contributed by atoms with E-state index in [1.54, 1.807) is 0 Å². The molecule has 4 heteroatoms. The first-order valence-electron chi connectivity index (χ1n) is 7.11.